The van der Waals surface area contributed by atoms with Crippen molar-refractivity contribution in [2.45, 2.75) is 45.7 Å². The molecule has 1 saturated heterocycles. The van der Waals surface area contributed by atoms with Crippen LogP contribution in [-0.2, 0) is 4.74 Å². The number of hydrogen-bond donors (Lipinski definition) is 3. The molecule has 3 N–H and O–H groups in total. The normalized spacial score (nSPS) is 39.2. The first kappa shape index (κ1) is 12.8. The van der Waals surface area contributed by atoms with Crippen molar-refractivity contribution < 1.29 is 20.1 Å². The lowest BCUT2D eigenvalue weighted by molar-refractivity contribution is -0.226. The highest BCUT2D eigenvalue weighted by atomic mass is 16.6. The first-order chi connectivity index (χ1) is 6.15. The quantitative estimate of drug-likeness (QED) is 0.551. The molecule has 4 unspecified atom stereocenters. The molecule has 1 heterocycles. The van der Waals surface area contributed by atoms with Gasteiger partial charge in [0.05, 0.1) is 18.8 Å². The van der Waals surface area contributed by atoms with Crippen LogP contribution in [0.2, 0.25) is 0 Å². The zero-order valence-corrected chi connectivity index (χ0v) is 8.47. The molecule has 4 heteroatoms. The van der Waals surface area contributed by atoms with Crippen LogP contribution in [0.1, 0.15) is 27.2 Å². The average Bonchev–Trinajstić information content (AvgIpc) is 2.16. The van der Waals surface area contributed by atoms with Gasteiger partial charge in [-0.2, -0.15) is 0 Å². The average molecular weight is 192 g/mol. The summed E-state index contributed by atoms with van der Waals surface area (Å²) >= 11 is 0. The van der Waals surface area contributed by atoms with E-state index in [2.05, 4.69) is 0 Å². The van der Waals surface area contributed by atoms with Crippen LogP contribution in [0, 0.1) is 5.92 Å². The van der Waals surface area contributed by atoms with E-state index in [1.165, 1.54) is 0 Å². The maximum Gasteiger partial charge on any atom is 0.160 e. The van der Waals surface area contributed by atoms with Crippen molar-refractivity contribution in [3.05, 3.63) is 0 Å². The molecule has 0 spiro atoms. The highest BCUT2D eigenvalue weighted by molar-refractivity contribution is 4.77. The highest BCUT2D eigenvalue weighted by Crippen LogP contribution is 2.23. The first-order valence-electron chi connectivity index (χ1n) is 4.77. The van der Waals surface area contributed by atoms with Gasteiger partial charge in [0.2, 0.25) is 0 Å². The van der Waals surface area contributed by atoms with Crippen molar-refractivity contribution >= 4 is 0 Å². The highest BCUT2D eigenvalue weighted by Gasteiger charge is 2.33. The lowest BCUT2D eigenvalue weighted by Gasteiger charge is -2.34. The number of aliphatic hydroxyl groups excluding tert-OH is 3. The van der Waals surface area contributed by atoms with Gasteiger partial charge in [0, 0.05) is 12.3 Å². The second-order valence-corrected chi connectivity index (χ2v) is 2.99. The Balaban J connectivity index is 0.000000671. The van der Waals surface area contributed by atoms with Gasteiger partial charge in [-0.3, -0.25) is 0 Å². The van der Waals surface area contributed by atoms with Crippen molar-refractivity contribution in [3.8, 4) is 0 Å². The number of hydrogen-bond acceptors (Lipinski definition) is 4. The Kier molecular flexibility index (Phi) is 6.24. The summed E-state index contributed by atoms with van der Waals surface area (Å²) in [6, 6.07) is 0. The minimum atomic E-state index is -0.948. The number of rotatable bonds is 1. The number of ether oxygens (including phenoxy) is 1. The van der Waals surface area contributed by atoms with E-state index in [9.17, 15) is 5.11 Å². The van der Waals surface area contributed by atoms with Crippen LogP contribution in [0.15, 0.2) is 0 Å². The van der Waals surface area contributed by atoms with E-state index in [1.54, 1.807) is 6.92 Å². The Morgan fingerprint density at radius 2 is 1.85 bits per heavy atom. The van der Waals surface area contributed by atoms with Crippen LogP contribution < -0.4 is 0 Å². The molecule has 0 amide bonds. The third-order valence-corrected chi connectivity index (χ3v) is 2.10. The van der Waals surface area contributed by atoms with Gasteiger partial charge in [-0.15, -0.1) is 0 Å². The van der Waals surface area contributed by atoms with Gasteiger partial charge in [0.25, 0.3) is 0 Å². The van der Waals surface area contributed by atoms with Crippen molar-refractivity contribution in [2.24, 2.45) is 5.92 Å². The zero-order valence-electron chi connectivity index (χ0n) is 8.47. The molecule has 1 aliphatic heterocycles. The lowest BCUT2D eigenvalue weighted by atomic mass is 9.95. The predicted molar refractivity (Wildman–Crippen MR) is 49.1 cm³/mol. The first-order valence-corrected chi connectivity index (χ1v) is 4.77. The third-order valence-electron chi connectivity index (χ3n) is 2.10. The topological polar surface area (TPSA) is 69.9 Å². The van der Waals surface area contributed by atoms with Crippen molar-refractivity contribution in [1.82, 2.24) is 0 Å². The summed E-state index contributed by atoms with van der Waals surface area (Å²) in [4.78, 5) is 0. The molecule has 1 aliphatic rings. The van der Waals surface area contributed by atoms with E-state index in [0.29, 0.717) is 6.42 Å². The molecule has 0 aliphatic carbocycles. The molecule has 0 aromatic rings. The fraction of sp³-hybridized carbons (Fsp3) is 1.00. The minimum Gasteiger partial charge on any atom is -0.394 e. The molecule has 0 aromatic carbocycles. The second-order valence-electron chi connectivity index (χ2n) is 2.99. The van der Waals surface area contributed by atoms with E-state index in [4.69, 9.17) is 14.9 Å². The van der Waals surface area contributed by atoms with Crippen LogP contribution in [-0.4, -0.2) is 40.4 Å². The minimum absolute atomic E-state index is 0.152. The molecule has 0 bridgehead atoms. The molecular weight excluding hydrogens is 172 g/mol. The van der Waals surface area contributed by atoms with Crippen molar-refractivity contribution in [2.75, 3.05) is 6.61 Å². The summed E-state index contributed by atoms with van der Waals surface area (Å²) in [6.07, 6.45) is -1.54. The Labute approximate surface area is 79.2 Å². The Morgan fingerprint density at radius 1 is 1.31 bits per heavy atom. The molecule has 4 atom stereocenters. The fourth-order valence-corrected chi connectivity index (χ4v) is 1.17. The van der Waals surface area contributed by atoms with Crippen LogP contribution >= 0.6 is 0 Å². The summed E-state index contributed by atoms with van der Waals surface area (Å²) in [7, 11) is 0. The molecule has 0 aromatic heterocycles. The third kappa shape index (κ3) is 3.60. The summed E-state index contributed by atoms with van der Waals surface area (Å²) in [5.74, 6) is -0.266. The van der Waals surface area contributed by atoms with Crippen molar-refractivity contribution in [3.63, 3.8) is 0 Å². The van der Waals surface area contributed by atoms with Gasteiger partial charge in [0.1, 0.15) is 0 Å². The molecule has 13 heavy (non-hydrogen) atoms. The Morgan fingerprint density at radius 3 is 2.23 bits per heavy atom. The molecule has 1 rings (SSSR count). The molecule has 0 radical (unpaired) electrons. The Hall–Kier alpha value is -0.160. The Bertz CT molecular complexity index is 117. The summed E-state index contributed by atoms with van der Waals surface area (Å²) < 4.78 is 4.96. The second kappa shape index (κ2) is 6.32. The van der Waals surface area contributed by atoms with Gasteiger partial charge < -0.3 is 20.1 Å². The summed E-state index contributed by atoms with van der Waals surface area (Å²) in [6.45, 7) is 5.56. The van der Waals surface area contributed by atoms with Crippen LogP contribution in [0.25, 0.3) is 0 Å². The standard InChI is InChI=1S/C7H14O4.C2H6/c1-4-6(9)2-5(3-8)11-7(4)10;1-2/h4-10H,2-3H2,1H3;1-2H3. The molecule has 1 fully saturated rings. The van der Waals surface area contributed by atoms with E-state index in [0.717, 1.165) is 0 Å². The van der Waals surface area contributed by atoms with Gasteiger partial charge in [0.15, 0.2) is 6.29 Å². The molecular formula is C9H20O4. The van der Waals surface area contributed by atoms with Gasteiger partial charge in [-0.25, -0.2) is 0 Å². The summed E-state index contributed by atoms with van der Waals surface area (Å²) in [5.41, 5.74) is 0. The summed E-state index contributed by atoms with van der Waals surface area (Å²) in [5, 5.41) is 27.1. The van der Waals surface area contributed by atoms with Crippen LogP contribution in [0.3, 0.4) is 0 Å². The predicted octanol–water partition coefficient (Wildman–Crippen LogP) is 0.109. The van der Waals surface area contributed by atoms with Crippen molar-refractivity contribution in [1.29, 1.82) is 0 Å². The molecule has 0 saturated carbocycles. The SMILES string of the molecule is CC.CC1C(O)CC(CO)OC1O. The van der Waals surface area contributed by atoms with Gasteiger partial charge in [-0.05, 0) is 0 Å². The largest absolute Gasteiger partial charge is 0.394 e. The van der Waals surface area contributed by atoms with E-state index < -0.39 is 18.5 Å². The smallest absolute Gasteiger partial charge is 0.160 e. The van der Waals surface area contributed by atoms with E-state index in [-0.39, 0.29) is 12.5 Å². The van der Waals surface area contributed by atoms with Gasteiger partial charge >= 0.3 is 0 Å². The van der Waals surface area contributed by atoms with Crippen LogP contribution in [0.4, 0.5) is 0 Å². The number of aliphatic hydroxyl groups is 3. The molecule has 4 nitrogen and oxygen atoms in total. The maximum atomic E-state index is 9.30. The maximum absolute atomic E-state index is 9.30. The molecule has 80 valence electrons. The zero-order chi connectivity index (χ0) is 10.4. The van der Waals surface area contributed by atoms with Crippen LogP contribution in [0.5, 0.6) is 0 Å². The van der Waals surface area contributed by atoms with Gasteiger partial charge in [-0.1, -0.05) is 20.8 Å². The fourth-order valence-electron chi connectivity index (χ4n) is 1.17. The lowest BCUT2D eigenvalue weighted by Crippen LogP contribution is -2.43. The van der Waals surface area contributed by atoms with E-state index >= 15 is 0 Å². The van der Waals surface area contributed by atoms with E-state index in [1.807, 2.05) is 13.8 Å². The monoisotopic (exact) mass is 192 g/mol.